The summed E-state index contributed by atoms with van der Waals surface area (Å²) in [5.41, 5.74) is 1.56. The molecule has 2 aromatic heterocycles. The van der Waals surface area contributed by atoms with E-state index in [0.717, 1.165) is 18.0 Å². The SMILES string of the molecule is COc1ccc(C(=O)Nc2cc(CC3CCCCC3)[nH]n2)cn1. The molecule has 1 saturated carbocycles. The van der Waals surface area contributed by atoms with Gasteiger partial charge in [0.25, 0.3) is 5.91 Å². The molecular weight excluding hydrogens is 292 g/mol. The van der Waals surface area contributed by atoms with Gasteiger partial charge in [0.05, 0.1) is 12.7 Å². The molecule has 0 spiro atoms. The Hall–Kier alpha value is -2.37. The summed E-state index contributed by atoms with van der Waals surface area (Å²) in [6.45, 7) is 0. The van der Waals surface area contributed by atoms with Gasteiger partial charge in [-0.3, -0.25) is 9.89 Å². The van der Waals surface area contributed by atoms with Gasteiger partial charge in [-0.15, -0.1) is 0 Å². The van der Waals surface area contributed by atoms with Crippen LogP contribution in [0.2, 0.25) is 0 Å². The third-order valence-electron chi connectivity index (χ3n) is 4.31. The van der Waals surface area contributed by atoms with Crippen LogP contribution in [-0.2, 0) is 6.42 Å². The second kappa shape index (κ2) is 7.26. The van der Waals surface area contributed by atoms with Crippen molar-refractivity contribution in [1.82, 2.24) is 15.2 Å². The lowest BCUT2D eigenvalue weighted by molar-refractivity contribution is 0.102. The Morgan fingerprint density at radius 3 is 2.87 bits per heavy atom. The number of H-pyrrole nitrogens is 1. The number of methoxy groups -OCH3 is 1. The fourth-order valence-corrected chi connectivity index (χ4v) is 3.06. The standard InChI is InChI=1S/C17H22N4O2/c1-23-16-8-7-13(11-18-16)17(22)19-15-10-14(20-21-15)9-12-5-3-2-4-6-12/h7-8,10-12H,2-6,9H2,1H3,(H2,19,20,21,22). The molecule has 6 nitrogen and oxygen atoms in total. The lowest BCUT2D eigenvalue weighted by Gasteiger charge is -2.20. The first-order valence-corrected chi connectivity index (χ1v) is 8.10. The third kappa shape index (κ3) is 4.09. The summed E-state index contributed by atoms with van der Waals surface area (Å²) in [5.74, 6) is 1.54. The van der Waals surface area contributed by atoms with Crippen LogP contribution in [0.1, 0.15) is 48.2 Å². The van der Waals surface area contributed by atoms with E-state index in [9.17, 15) is 4.79 Å². The van der Waals surface area contributed by atoms with E-state index in [1.807, 2.05) is 6.07 Å². The number of hydrogen-bond donors (Lipinski definition) is 2. The smallest absolute Gasteiger partial charge is 0.258 e. The maximum Gasteiger partial charge on any atom is 0.258 e. The highest BCUT2D eigenvalue weighted by Crippen LogP contribution is 2.26. The van der Waals surface area contributed by atoms with Crippen LogP contribution in [0.5, 0.6) is 5.88 Å². The van der Waals surface area contributed by atoms with Crippen molar-refractivity contribution in [2.24, 2.45) is 5.92 Å². The van der Waals surface area contributed by atoms with E-state index in [1.54, 1.807) is 19.2 Å². The fourth-order valence-electron chi connectivity index (χ4n) is 3.06. The second-order valence-electron chi connectivity index (χ2n) is 6.03. The van der Waals surface area contributed by atoms with Crippen LogP contribution in [0.3, 0.4) is 0 Å². The maximum absolute atomic E-state index is 12.2. The molecule has 0 atom stereocenters. The Kier molecular flexibility index (Phi) is 4.90. The van der Waals surface area contributed by atoms with Gasteiger partial charge >= 0.3 is 0 Å². The average molecular weight is 314 g/mol. The number of ether oxygens (including phenoxy) is 1. The molecule has 1 fully saturated rings. The van der Waals surface area contributed by atoms with Crippen molar-refractivity contribution in [3.8, 4) is 5.88 Å². The normalized spacial score (nSPS) is 15.3. The van der Waals surface area contributed by atoms with Gasteiger partial charge in [-0.1, -0.05) is 32.1 Å². The van der Waals surface area contributed by atoms with E-state index in [-0.39, 0.29) is 5.91 Å². The first kappa shape index (κ1) is 15.5. The van der Waals surface area contributed by atoms with Crippen LogP contribution in [-0.4, -0.2) is 28.2 Å². The molecule has 122 valence electrons. The number of aromatic nitrogens is 3. The highest BCUT2D eigenvalue weighted by atomic mass is 16.5. The van der Waals surface area contributed by atoms with Crippen molar-refractivity contribution >= 4 is 11.7 Å². The molecule has 0 unspecified atom stereocenters. The van der Waals surface area contributed by atoms with Crippen molar-refractivity contribution in [3.63, 3.8) is 0 Å². The molecule has 0 bridgehead atoms. The number of rotatable bonds is 5. The van der Waals surface area contributed by atoms with E-state index in [1.165, 1.54) is 38.3 Å². The van der Waals surface area contributed by atoms with E-state index >= 15 is 0 Å². The minimum absolute atomic E-state index is 0.226. The van der Waals surface area contributed by atoms with Gasteiger partial charge in [0, 0.05) is 24.0 Å². The van der Waals surface area contributed by atoms with Crippen LogP contribution < -0.4 is 10.1 Å². The Morgan fingerprint density at radius 1 is 1.35 bits per heavy atom. The predicted molar refractivity (Wildman–Crippen MR) is 87.6 cm³/mol. The summed E-state index contributed by atoms with van der Waals surface area (Å²) in [6, 6.07) is 5.26. The van der Waals surface area contributed by atoms with E-state index in [4.69, 9.17) is 4.74 Å². The Morgan fingerprint density at radius 2 is 2.17 bits per heavy atom. The average Bonchev–Trinajstić information content (AvgIpc) is 3.02. The maximum atomic E-state index is 12.2. The lowest BCUT2D eigenvalue weighted by Crippen LogP contribution is -2.12. The monoisotopic (exact) mass is 314 g/mol. The van der Waals surface area contributed by atoms with Crippen LogP contribution >= 0.6 is 0 Å². The van der Waals surface area contributed by atoms with Crippen LogP contribution in [0, 0.1) is 5.92 Å². The molecule has 0 aliphatic heterocycles. The number of nitrogens with one attached hydrogen (secondary N) is 2. The molecule has 2 N–H and O–H groups in total. The van der Waals surface area contributed by atoms with Crippen molar-refractivity contribution < 1.29 is 9.53 Å². The number of carbonyl (C=O) groups excluding carboxylic acids is 1. The summed E-state index contributed by atoms with van der Waals surface area (Å²) in [7, 11) is 1.54. The zero-order valence-corrected chi connectivity index (χ0v) is 13.3. The third-order valence-corrected chi connectivity index (χ3v) is 4.31. The number of carbonyl (C=O) groups is 1. The van der Waals surface area contributed by atoms with Crippen LogP contribution in [0.15, 0.2) is 24.4 Å². The van der Waals surface area contributed by atoms with E-state index in [2.05, 4.69) is 20.5 Å². The molecule has 1 aliphatic carbocycles. The molecule has 1 amide bonds. The van der Waals surface area contributed by atoms with Gasteiger partial charge < -0.3 is 10.1 Å². The molecule has 2 aromatic rings. The summed E-state index contributed by atoms with van der Waals surface area (Å²) >= 11 is 0. The molecule has 2 heterocycles. The van der Waals surface area contributed by atoms with Crippen LogP contribution in [0.4, 0.5) is 5.82 Å². The van der Waals surface area contributed by atoms with Gasteiger partial charge in [0.2, 0.25) is 5.88 Å². The lowest BCUT2D eigenvalue weighted by atomic mass is 9.86. The number of hydrogen-bond acceptors (Lipinski definition) is 4. The largest absolute Gasteiger partial charge is 0.481 e. The summed E-state index contributed by atoms with van der Waals surface area (Å²) in [5, 5.41) is 10.00. The van der Waals surface area contributed by atoms with E-state index < -0.39 is 0 Å². The van der Waals surface area contributed by atoms with Crippen molar-refractivity contribution in [3.05, 3.63) is 35.7 Å². The second-order valence-corrected chi connectivity index (χ2v) is 6.03. The zero-order valence-electron chi connectivity index (χ0n) is 13.3. The van der Waals surface area contributed by atoms with E-state index in [0.29, 0.717) is 17.3 Å². The molecule has 6 heteroatoms. The first-order chi connectivity index (χ1) is 11.2. The van der Waals surface area contributed by atoms with Gasteiger partial charge in [0.1, 0.15) is 0 Å². The summed E-state index contributed by atoms with van der Waals surface area (Å²) in [6.07, 6.45) is 9.09. The minimum atomic E-state index is -0.226. The molecule has 0 saturated heterocycles. The number of anilines is 1. The van der Waals surface area contributed by atoms with Crippen molar-refractivity contribution in [1.29, 1.82) is 0 Å². The highest BCUT2D eigenvalue weighted by molar-refractivity contribution is 6.03. The van der Waals surface area contributed by atoms with Gasteiger partial charge in [-0.2, -0.15) is 5.10 Å². The highest BCUT2D eigenvalue weighted by Gasteiger charge is 2.16. The van der Waals surface area contributed by atoms with Gasteiger partial charge in [0.15, 0.2) is 5.82 Å². The van der Waals surface area contributed by atoms with Crippen molar-refractivity contribution in [2.75, 3.05) is 12.4 Å². The fraction of sp³-hybridized carbons (Fsp3) is 0.471. The Labute approximate surface area is 135 Å². The summed E-state index contributed by atoms with van der Waals surface area (Å²) < 4.78 is 4.98. The zero-order chi connectivity index (χ0) is 16.1. The predicted octanol–water partition coefficient (Wildman–Crippen LogP) is 3.19. The molecule has 0 radical (unpaired) electrons. The van der Waals surface area contributed by atoms with Crippen LogP contribution in [0.25, 0.3) is 0 Å². The number of pyridine rings is 1. The quantitative estimate of drug-likeness (QED) is 0.888. The Balaban J connectivity index is 1.58. The molecule has 1 aliphatic rings. The molecule has 23 heavy (non-hydrogen) atoms. The number of amides is 1. The summed E-state index contributed by atoms with van der Waals surface area (Å²) in [4.78, 5) is 16.2. The Bertz CT molecular complexity index is 645. The molecule has 0 aromatic carbocycles. The minimum Gasteiger partial charge on any atom is -0.481 e. The molecular formula is C17H22N4O2. The number of aromatic amines is 1. The van der Waals surface area contributed by atoms with Crippen molar-refractivity contribution in [2.45, 2.75) is 38.5 Å². The first-order valence-electron chi connectivity index (χ1n) is 8.10. The topological polar surface area (TPSA) is 79.9 Å². The van der Waals surface area contributed by atoms with Gasteiger partial charge in [-0.05, 0) is 18.4 Å². The number of nitrogens with zero attached hydrogens (tertiary/aromatic N) is 2. The van der Waals surface area contributed by atoms with Gasteiger partial charge in [-0.25, -0.2) is 4.98 Å². The molecule has 3 rings (SSSR count).